The largest absolute Gasteiger partial charge is 0.396 e. The quantitative estimate of drug-likeness (QED) is 0.881. The lowest BCUT2D eigenvalue weighted by molar-refractivity contribution is 0.135. The van der Waals surface area contributed by atoms with Gasteiger partial charge in [-0.3, -0.25) is 4.90 Å². The molecule has 1 saturated heterocycles. The fourth-order valence-corrected chi connectivity index (χ4v) is 3.44. The molecule has 0 amide bonds. The lowest BCUT2D eigenvalue weighted by atomic mass is 10.1. The Morgan fingerprint density at radius 1 is 1.20 bits per heavy atom. The molecule has 0 radical (unpaired) electrons. The van der Waals surface area contributed by atoms with Crippen LogP contribution in [-0.4, -0.2) is 47.3 Å². The van der Waals surface area contributed by atoms with Crippen LogP contribution in [-0.2, 0) is 6.54 Å². The summed E-state index contributed by atoms with van der Waals surface area (Å²) in [4.78, 5) is 8.63. The summed E-state index contributed by atoms with van der Waals surface area (Å²) in [5.74, 6) is -0.944. The van der Waals surface area contributed by atoms with Crippen LogP contribution in [0, 0.1) is 11.6 Å². The second kappa shape index (κ2) is 8.08. The summed E-state index contributed by atoms with van der Waals surface area (Å²) >= 11 is 6.24. The summed E-state index contributed by atoms with van der Waals surface area (Å²) in [6.07, 6.45) is 2.29. The number of halogens is 3. The molecular formula is C18H20ClF2N3O. The average Bonchev–Trinajstić information content (AvgIpc) is 2.60. The molecule has 0 bridgehead atoms. The van der Waals surface area contributed by atoms with E-state index in [9.17, 15) is 13.9 Å². The van der Waals surface area contributed by atoms with Crippen LogP contribution in [0.25, 0.3) is 0 Å². The first-order valence-corrected chi connectivity index (χ1v) is 8.60. The van der Waals surface area contributed by atoms with Crippen molar-refractivity contribution in [3.05, 3.63) is 58.7 Å². The molecule has 1 atom stereocenters. The van der Waals surface area contributed by atoms with E-state index in [1.165, 1.54) is 6.07 Å². The minimum atomic E-state index is -0.842. The van der Waals surface area contributed by atoms with Gasteiger partial charge in [-0.1, -0.05) is 17.7 Å². The van der Waals surface area contributed by atoms with Crippen molar-refractivity contribution < 1.29 is 13.9 Å². The minimum absolute atomic E-state index is 0.0583. The van der Waals surface area contributed by atoms with Crippen molar-refractivity contribution >= 4 is 17.4 Å². The lowest BCUT2D eigenvalue weighted by Crippen LogP contribution is -2.53. The number of anilines is 1. The molecule has 7 heteroatoms. The average molecular weight is 368 g/mol. The topological polar surface area (TPSA) is 39.6 Å². The Labute approximate surface area is 150 Å². The summed E-state index contributed by atoms with van der Waals surface area (Å²) < 4.78 is 26.5. The highest BCUT2D eigenvalue weighted by Gasteiger charge is 2.28. The molecule has 2 aromatic rings. The van der Waals surface area contributed by atoms with Crippen LogP contribution in [0.4, 0.5) is 14.6 Å². The fraction of sp³-hybridized carbons (Fsp3) is 0.389. The van der Waals surface area contributed by atoms with Crippen LogP contribution in [0.3, 0.4) is 0 Å². The molecule has 1 aromatic heterocycles. The summed E-state index contributed by atoms with van der Waals surface area (Å²) in [7, 11) is 0. The van der Waals surface area contributed by atoms with E-state index in [1.807, 2.05) is 0 Å². The number of aliphatic hydroxyl groups excluding tert-OH is 1. The van der Waals surface area contributed by atoms with Crippen molar-refractivity contribution in [3.8, 4) is 0 Å². The van der Waals surface area contributed by atoms with E-state index >= 15 is 0 Å². The molecule has 0 spiro atoms. The second-order valence-electron chi connectivity index (χ2n) is 6.14. The Bertz CT molecular complexity index is 731. The normalized spacial score (nSPS) is 18.6. The van der Waals surface area contributed by atoms with Crippen molar-refractivity contribution in [2.45, 2.75) is 19.0 Å². The molecule has 4 nitrogen and oxygen atoms in total. The molecule has 134 valence electrons. The standard InChI is InChI=1S/C18H20ClF2N3O/c19-15-2-1-6-22-18(15)24-8-7-23(14(12-24)5-9-25)11-13-3-4-16(20)17(21)10-13/h1-4,6,10,14,25H,5,7-9,11-12H2. The summed E-state index contributed by atoms with van der Waals surface area (Å²) in [6, 6.07) is 7.64. The van der Waals surface area contributed by atoms with Gasteiger partial charge in [0.25, 0.3) is 0 Å². The van der Waals surface area contributed by atoms with Gasteiger partial charge < -0.3 is 10.0 Å². The third-order valence-corrected chi connectivity index (χ3v) is 4.77. The van der Waals surface area contributed by atoms with Crippen LogP contribution < -0.4 is 4.90 Å². The van der Waals surface area contributed by atoms with E-state index in [4.69, 9.17) is 11.6 Å². The molecule has 1 aliphatic heterocycles. The highest BCUT2D eigenvalue weighted by molar-refractivity contribution is 6.32. The molecule has 1 fully saturated rings. The molecular weight excluding hydrogens is 348 g/mol. The Balaban J connectivity index is 1.73. The molecule has 1 aromatic carbocycles. The van der Waals surface area contributed by atoms with E-state index in [2.05, 4.69) is 14.8 Å². The molecule has 25 heavy (non-hydrogen) atoms. The number of aromatic nitrogens is 1. The van der Waals surface area contributed by atoms with Gasteiger partial charge in [0.1, 0.15) is 5.82 Å². The van der Waals surface area contributed by atoms with Gasteiger partial charge in [0.15, 0.2) is 11.6 Å². The van der Waals surface area contributed by atoms with Gasteiger partial charge in [-0.05, 0) is 36.2 Å². The van der Waals surface area contributed by atoms with Crippen LogP contribution >= 0.6 is 11.6 Å². The number of benzene rings is 1. The summed E-state index contributed by atoms with van der Waals surface area (Å²) in [5.41, 5.74) is 0.714. The number of aliphatic hydroxyl groups is 1. The van der Waals surface area contributed by atoms with Crippen molar-refractivity contribution in [3.63, 3.8) is 0 Å². The molecule has 2 heterocycles. The summed E-state index contributed by atoms with van der Waals surface area (Å²) in [6.45, 7) is 2.67. The number of hydrogen-bond donors (Lipinski definition) is 1. The van der Waals surface area contributed by atoms with Gasteiger partial charge in [-0.15, -0.1) is 0 Å². The number of nitrogens with zero attached hydrogens (tertiary/aromatic N) is 3. The Morgan fingerprint density at radius 2 is 2.04 bits per heavy atom. The maximum atomic E-state index is 13.4. The summed E-state index contributed by atoms with van der Waals surface area (Å²) in [5, 5.41) is 9.99. The third-order valence-electron chi connectivity index (χ3n) is 4.48. The Morgan fingerprint density at radius 3 is 2.76 bits per heavy atom. The minimum Gasteiger partial charge on any atom is -0.396 e. The Hall–Kier alpha value is -1.76. The lowest BCUT2D eigenvalue weighted by Gasteiger charge is -2.42. The Kier molecular flexibility index (Phi) is 5.83. The van der Waals surface area contributed by atoms with E-state index in [-0.39, 0.29) is 12.6 Å². The number of piperazine rings is 1. The number of pyridine rings is 1. The maximum absolute atomic E-state index is 13.4. The van der Waals surface area contributed by atoms with E-state index < -0.39 is 11.6 Å². The SMILES string of the molecule is OCCC1CN(c2ncccc2Cl)CCN1Cc1ccc(F)c(F)c1. The zero-order chi connectivity index (χ0) is 17.8. The van der Waals surface area contributed by atoms with E-state index in [1.54, 1.807) is 24.4 Å². The van der Waals surface area contributed by atoms with Crippen LogP contribution in [0.1, 0.15) is 12.0 Å². The van der Waals surface area contributed by atoms with Gasteiger partial charge in [-0.2, -0.15) is 0 Å². The van der Waals surface area contributed by atoms with Crippen molar-refractivity contribution in [2.75, 3.05) is 31.1 Å². The second-order valence-corrected chi connectivity index (χ2v) is 6.55. The van der Waals surface area contributed by atoms with Gasteiger partial charge >= 0.3 is 0 Å². The van der Waals surface area contributed by atoms with E-state index in [0.717, 1.165) is 25.0 Å². The van der Waals surface area contributed by atoms with Crippen molar-refractivity contribution in [2.24, 2.45) is 0 Å². The highest BCUT2D eigenvalue weighted by Crippen LogP contribution is 2.26. The molecule has 1 aliphatic rings. The third kappa shape index (κ3) is 4.26. The smallest absolute Gasteiger partial charge is 0.159 e. The zero-order valence-corrected chi connectivity index (χ0v) is 14.5. The van der Waals surface area contributed by atoms with Gasteiger partial charge in [0.2, 0.25) is 0 Å². The van der Waals surface area contributed by atoms with E-state index in [0.29, 0.717) is 30.1 Å². The van der Waals surface area contributed by atoms with Gasteiger partial charge in [-0.25, -0.2) is 13.8 Å². The number of hydrogen-bond acceptors (Lipinski definition) is 4. The maximum Gasteiger partial charge on any atom is 0.159 e. The molecule has 1 unspecified atom stereocenters. The molecule has 0 aliphatic carbocycles. The van der Waals surface area contributed by atoms with Crippen molar-refractivity contribution in [1.82, 2.24) is 9.88 Å². The first-order valence-electron chi connectivity index (χ1n) is 8.23. The first-order chi connectivity index (χ1) is 12.1. The predicted octanol–water partition coefficient (Wildman–Crippen LogP) is 3.09. The number of rotatable bonds is 5. The molecule has 1 N–H and O–H groups in total. The fourth-order valence-electron chi connectivity index (χ4n) is 3.20. The van der Waals surface area contributed by atoms with Crippen LogP contribution in [0.15, 0.2) is 36.5 Å². The van der Waals surface area contributed by atoms with Gasteiger partial charge in [0.05, 0.1) is 5.02 Å². The first kappa shape index (κ1) is 18.0. The van der Waals surface area contributed by atoms with Crippen LogP contribution in [0.5, 0.6) is 0 Å². The van der Waals surface area contributed by atoms with Gasteiger partial charge in [0, 0.05) is 45.0 Å². The molecule has 3 rings (SSSR count). The predicted molar refractivity (Wildman–Crippen MR) is 93.7 cm³/mol. The monoisotopic (exact) mass is 367 g/mol. The highest BCUT2D eigenvalue weighted by atomic mass is 35.5. The van der Waals surface area contributed by atoms with Crippen LogP contribution in [0.2, 0.25) is 5.02 Å². The van der Waals surface area contributed by atoms with Crippen molar-refractivity contribution in [1.29, 1.82) is 0 Å². The molecule has 0 saturated carbocycles. The zero-order valence-electron chi connectivity index (χ0n) is 13.7.